The second kappa shape index (κ2) is 8.22. The summed E-state index contributed by atoms with van der Waals surface area (Å²) < 4.78 is 13.6. The number of aliphatic carboxylic acids is 1. The van der Waals surface area contributed by atoms with Gasteiger partial charge in [0.2, 0.25) is 0 Å². The van der Waals surface area contributed by atoms with Crippen molar-refractivity contribution in [3.05, 3.63) is 74.8 Å². The van der Waals surface area contributed by atoms with E-state index in [0.29, 0.717) is 5.01 Å². The number of carboxylic acid groups (broad SMARTS) is 1. The van der Waals surface area contributed by atoms with E-state index in [2.05, 4.69) is 9.97 Å². The fourth-order valence-corrected chi connectivity index (χ4v) is 3.69. The predicted octanol–water partition coefficient (Wildman–Crippen LogP) is 4.23. The molecule has 3 rings (SSSR count). The van der Waals surface area contributed by atoms with Crippen molar-refractivity contribution in [1.29, 1.82) is 0 Å². The third kappa shape index (κ3) is 4.20. The maximum atomic E-state index is 13.6. The summed E-state index contributed by atoms with van der Waals surface area (Å²) >= 11 is 1.28. The molecule has 3 aromatic rings. The van der Waals surface area contributed by atoms with Crippen LogP contribution in [-0.4, -0.2) is 26.0 Å². The average molecular weight is 401 g/mol. The van der Waals surface area contributed by atoms with Crippen LogP contribution in [0.15, 0.2) is 41.9 Å². The molecule has 1 aromatic carbocycles. The van der Waals surface area contributed by atoms with Gasteiger partial charge in [-0.3, -0.25) is 19.9 Å². The molecule has 0 aliphatic rings. The Hall–Kier alpha value is -3.20. The standard InChI is InChI=1S/C19H16FN3O4S/c1-2-14-8-11(5-6-21-14)18-22-16(10-28-18)15(19(24)25)9-12-7-13(20)3-4-17(12)23(26)27/h3-8,10,15H,2,9H2,1H3,(H,24,25). The molecular weight excluding hydrogens is 385 g/mol. The Morgan fingerprint density at radius 1 is 1.36 bits per heavy atom. The molecule has 0 fully saturated rings. The number of thiazole rings is 1. The van der Waals surface area contributed by atoms with Crippen LogP contribution in [0.3, 0.4) is 0 Å². The van der Waals surface area contributed by atoms with Gasteiger partial charge in [-0.25, -0.2) is 9.37 Å². The van der Waals surface area contributed by atoms with Crippen molar-refractivity contribution in [1.82, 2.24) is 9.97 Å². The number of carbonyl (C=O) groups is 1. The van der Waals surface area contributed by atoms with E-state index in [-0.39, 0.29) is 23.4 Å². The van der Waals surface area contributed by atoms with E-state index in [0.717, 1.165) is 35.9 Å². The first-order chi connectivity index (χ1) is 13.4. The Bertz CT molecular complexity index is 1040. The van der Waals surface area contributed by atoms with Crippen molar-refractivity contribution in [2.24, 2.45) is 0 Å². The van der Waals surface area contributed by atoms with E-state index in [4.69, 9.17) is 0 Å². The van der Waals surface area contributed by atoms with E-state index < -0.39 is 22.6 Å². The van der Waals surface area contributed by atoms with Gasteiger partial charge >= 0.3 is 5.97 Å². The highest BCUT2D eigenvalue weighted by Gasteiger charge is 2.27. The number of nitrogens with zero attached hydrogens (tertiary/aromatic N) is 3. The highest BCUT2D eigenvalue weighted by atomic mass is 32.1. The van der Waals surface area contributed by atoms with Gasteiger partial charge < -0.3 is 5.11 Å². The van der Waals surface area contributed by atoms with Gasteiger partial charge in [0, 0.05) is 34.5 Å². The number of benzene rings is 1. The van der Waals surface area contributed by atoms with Crippen molar-refractivity contribution >= 4 is 23.0 Å². The number of hydrogen-bond donors (Lipinski definition) is 1. The Balaban J connectivity index is 1.94. The van der Waals surface area contributed by atoms with Gasteiger partial charge in [-0.15, -0.1) is 11.3 Å². The molecule has 7 nitrogen and oxygen atoms in total. The molecule has 0 bridgehead atoms. The van der Waals surface area contributed by atoms with Crippen LogP contribution < -0.4 is 0 Å². The molecular formula is C19H16FN3O4S. The van der Waals surface area contributed by atoms with Crippen LogP contribution in [0.2, 0.25) is 0 Å². The van der Waals surface area contributed by atoms with Gasteiger partial charge in [0.1, 0.15) is 16.7 Å². The fraction of sp³-hybridized carbons (Fsp3) is 0.211. The summed E-state index contributed by atoms with van der Waals surface area (Å²) in [6, 6.07) is 6.69. The van der Waals surface area contributed by atoms with E-state index in [9.17, 15) is 24.4 Å². The maximum absolute atomic E-state index is 13.6. The van der Waals surface area contributed by atoms with Gasteiger partial charge in [-0.1, -0.05) is 6.92 Å². The first-order valence-electron chi connectivity index (χ1n) is 8.45. The van der Waals surface area contributed by atoms with Crippen molar-refractivity contribution in [3.8, 4) is 10.6 Å². The number of aromatic nitrogens is 2. The predicted molar refractivity (Wildman–Crippen MR) is 102 cm³/mol. The third-order valence-corrected chi connectivity index (χ3v) is 5.17. The molecule has 2 heterocycles. The van der Waals surface area contributed by atoms with Gasteiger partial charge in [0.25, 0.3) is 5.69 Å². The number of halogens is 1. The molecule has 28 heavy (non-hydrogen) atoms. The molecule has 1 atom stereocenters. The number of carboxylic acids is 1. The summed E-state index contributed by atoms with van der Waals surface area (Å²) in [6.45, 7) is 1.98. The topological polar surface area (TPSA) is 106 Å². The number of nitro benzene ring substituents is 1. The first kappa shape index (κ1) is 19.6. The summed E-state index contributed by atoms with van der Waals surface area (Å²) in [5.74, 6) is -2.97. The van der Waals surface area contributed by atoms with Crippen LogP contribution in [0, 0.1) is 15.9 Å². The molecule has 0 amide bonds. The van der Waals surface area contributed by atoms with Gasteiger partial charge in [-0.2, -0.15) is 0 Å². The monoisotopic (exact) mass is 401 g/mol. The number of pyridine rings is 1. The Morgan fingerprint density at radius 3 is 2.82 bits per heavy atom. The van der Waals surface area contributed by atoms with Gasteiger partial charge in [0.15, 0.2) is 0 Å². The summed E-state index contributed by atoms with van der Waals surface area (Å²) in [4.78, 5) is 31.0. The van der Waals surface area contributed by atoms with Crippen LogP contribution in [0.1, 0.15) is 29.8 Å². The summed E-state index contributed by atoms with van der Waals surface area (Å²) in [7, 11) is 0. The lowest BCUT2D eigenvalue weighted by Gasteiger charge is -2.10. The molecule has 0 radical (unpaired) electrons. The van der Waals surface area contributed by atoms with Crippen molar-refractivity contribution in [2.75, 3.05) is 0 Å². The van der Waals surface area contributed by atoms with Crippen LogP contribution in [0.25, 0.3) is 10.6 Å². The normalized spacial score (nSPS) is 11.9. The fourth-order valence-electron chi connectivity index (χ4n) is 2.82. The number of rotatable bonds is 7. The minimum absolute atomic E-state index is 0.0177. The molecule has 0 saturated heterocycles. The largest absolute Gasteiger partial charge is 0.481 e. The lowest BCUT2D eigenvalue weighted by atomic mass is 9.95. The zero-order chi connectivity index (χ0) is 20.3. The second-order valence-corrected chi connectivity index (χ2v) is 6.95. The van der Waals surface area contributed by atoms with E-state index >= 15 is 0 Å². The van der Waals surface area contributed by atoms with Gasteiger partial charge in [0.05, 0.1) is 10.6 Å². The number of aryl methyl sites for hydroxylation is 1. The van der Waals surface area contributed by atoms with Crippen LogP contribution in [0.4, 0.5) is 10.1 Å². The molecule has 1 N–H and O–H groups in total. The highest BCUT2D eigenvalue weighted by molar-refractivity contribution is 7.13. The van der Waals surface area contributed by atoms with E-state index in [1.807, 2.05) is 13.0 Å². The lowest BCUT2D eigenvalue weighted by Crippen LogP contribution is -2.16. The SMILES string of the molecule is CCc1cc(-c2nc(C(Cc3cc(F)ccc3[N+](=O)[O-])C(=O)O)cs2)ccn1. The summed E-state index contributed by atoms with van der Waals surface area (Å²) in [5, 5.41) is 23.1. The molecule has 0 aliphatic heterocycles. The zero-order valence-electron chi connectivity index (χ0n) is 14.8. The molecule has 0 aliphatic carbocycles. The van der Waals surface area contributed by atoms with Crippen LogP contribution >= 0.6 is 11.3 Å². The number of nitro groups is 1. The minimum Gasteiger partial charge on any atom is -0.481 e. The molecule has 0 saturated carbocycles. The summed E-state index contributed by atoms with van der Waals surface area (Å²) in [5.41, 5.74) is 1.69. The average Bonchev–Trinajstić information content (AvgIpc) is 3.15. The molecule has 9 heteroatoms. The highest BCUT2D eigenvalue weighted by Crippen LogP contribution is 2.31. The molecule has 0 spiro atoms. The molecule has 144 valence electrons. The minimum atomic E-state index is -1.18. The summed E-state index contributed by atoms with van der Waals surface area (Å²) in [6.07, 6.45) is 2.19. The van der Waals surface area contributed by atoms with Crippen LogP contribution in [-0.2, 0) is 17.6 Å². The van der Waals surface area contributed by atoms with Crippen LogP contribution in [0.5, 0.6) is 0 Å². The molecule has 1 unspecified atom stereocenters. The first-order valence-corrected chi connectivity index (χ1v) is 9.33. The smallest absolute Gasteiger partial charge is 0.312 e. The van der Waals surface area contributed by atoms with Gasteiger partial charge in [-0.05, 0) is 37.1 Å². The van der Waals surface area contributed by atoms with Crippen molar-refractivity contribution in [3.63, 3.8) is 0 Å². The van der Waals surface area contributed by atoms with E-state index in [1.165, 1.54) is 11.3 Å². The Kier molecular flexibility index (Phi) is 5.74. The van der Waals surface area contributed by atoms with E-state index in [1.54, 1.807) is 17.6 Å². The van der Waals surface area contributed by atoms with Crippen molar-refractivity contribution < 1.29 is 19.2 Å². The third-order valence-electron chi connectivity index (χ3n) is 4.27. The molecule has 2 aromatic heterocycles. The van der Waals surface area contributed by atoms with Crippen molar-refractivity contribution in [2.45, 2.75) is 25.7 Å². The lowest BCUT2D eigenvalue weighted by molar-refractivity contribution is -0.385. The Labute approximate surface area is 163 Å². The zero-order valence-corrected chi connectivity index (χ0v) is 15.6. The number of hydrogen-bond acceptors (Lipinski definition) is 6. The quantitative estimate of drug-likeness (QED) is 0.469. The second-order valence-electron chi connectivity index (χ2n) is 6.09. The maximum Gasteiger partial charge on any atom is 0.312 e. The Morgan fingerprint density at radius 2 is 2.14 bits per heavy atom.